The van der Waals surface area contributed by atoms with E-state index in [0.717, 1.165) is 0 Å². The van der Waals surface area contributed by atoms with Crippen molar-refractivity contribution in [3.63, 3.8) is 0 Å². The van der Waals surface area contributed by atoms with Crippen LogP contribution in [0.1, 0.15) is 10.4 Å². The molecular weight excluding hydrogens is 200 g/mol. The lowest BCUT2D eigenvalue weighted by atomic mass is 10.2. The molecule has 0 radical (unpaired) electrons. The second-order valence-corrected chi connectivity index (χ2v) is 2.56. The van der Waals surface area contributed by atoms with Crippen LogP contribution in [0.3, 0.4) is 0 Å². The topological polar surface area (TPSA) is 99.0 Å². The number of carboxylic acids is 2. The van der Waals surface area contributed by atoms with Crippen molar-refractivity contribution < 1.29 is 19.8 Å². The number of carboxylic acid groups (broad SMARTS) is 2. The third-order valence-corrected chi connectivity index (χ3v) is 1.52. The molecule has 1 aromatic rings. The molecule has 0 aliphatic heterocycles. The van der Waals surface area contributed by atoms with E-state index in [2.05, 4.69) is 10.5 Å². The first-order chi connectivity index (χ1) is 7.11. The molecule has 0 aliphatic carbocycles. The fraction of sp³-hybridized carbons (Fsp3) is 0. The molecule has 1 aromatic carbocycles. The lowest BCUT2D eigenvalue weighted by Crippen LogP contribution is -2.03. The fourth-order valence-corrected chi connectivity index (χ4v) is 0.924. The number of aromatic carboxylic acids is 1. The molecule has 0 amide bonds. The third-order valence-electron chi connectivity index (χ3n) is 1.52. The Morgan fingerprint density at radius 1 is 1.27 bits per heavy atom. The number of nitrogens with one attached hydrogen (secondary N) is 1. The van der Waals surface area contributed by atoms with Crippen molar-refractivity contribution in [3.05, 3.63) is 29.8 Å². The monoisotopic (exact) mass is 208 g/mol. The molecule has 0 saturated carbocycles. The van der Waals surface area contributed by atoms with Crippen LogP contribution >= 0.6 is 0 Å². The Morgan fingerprint density at radius 2 is 1.93 bits per heavy atom. The van der Waals surface area contributed by atoms with Crippen LogP contribution in [-0.4, -0.2) is 28.4 Å². The maximum Gasteiger partial charge on any atom is 0.348 e. The molecule has 0 spiro atoms. The third kappa shape index (κ3) is 3.11. The fourth-order valence-electron chi connectivity index (χ4n) is 0.924. The summed E-state index contributed by atoms with van der Waals surface area (Å²) in [6.07, 6.45) is 0.638. The molecule has 6 nitrogen and oxygen atoms in total. The second kappa shape index (κ2) is 4.75. The van der Waals surface area contributed by atoms with Crippen molar-refractivity contribution in [1.29, 1.82) is 0 Å². The predicted octanol–water partition coefficient (Wildman–Crippen LogP) is 0.867. The van der Waals surface area contributed by atoms with Gasteiger partial charge in [0.25, 0.3) is 0 Å². The van der Waals surface area contributed by atoms with Crippen LogP contribution in [-0.2, 0) is 4.79 Å². The molecule has 0 heterocycles. The van der Waals surface area contributed by atoms with E-state index in [9.17, 15) is 9.59 Å². The molecule has 1 rings (SSSR count). The van der Waals surface area contributed by atoms with Crippen molar-refractivity contribution >= 4 is 23.8 Å². The summed E-state index contributed by atoms with van der Waals surface area (Å²) >= 11 is 0. The van der Waals surface area contributed by atoms with E-state index < -0.39 is 11.9 Å². The summed E-state index contributed by atoms with van der Waals surface area (Å²) in [5, 5.41) is 20.4. The van der Waals surface area contributed by atoms with Gasteiger partial charge in [0.2, 0.25) is 0 Å². The zero-order valence-corrected chi connectivity index (χ0v) is 7.54. The Labute approximate surface area is 84.9 Å². The van der Waals surface area contributed by atoms with Crippen molar-refractivity contribution in [2.75, 3.05) is 5.43 Å². The lowest BCUT2D eigenvalue weighted by molar-refractivity contribution is -0.128. The minimum absolute atomic E-state index is 0.0278. The van der Waals surface area contributed by atoms with Gasteiger partial charge in [0.1, 0.15) is 6.21 Å². The number of hydrazone groups is 1. The Kier molecular flexibility index (Phi) is 3.39. The second-order valence-electron chi connectivity index (χ2n) is 2.56. The van der Waals surface area contributed by atoms with E-state index in [4.69, 9.17) is 10.2 Å². The first-order valence-electron chi connectivity index (χ1n) is 3.95. The van der Waals surface area contributed by atoms with E-state index in [1.54, 1.807) is 12.1 Å². The highest BCUT2D eigenvalue weighted by Crippen LogP contribution is 2.14. The van der Waals surface area contributed by atoms with Gasteiger partial charge in [-0.25, -0.2) is 9.59 Å². The molecule has 0 aromatic heterocycles. The number of hydrogen-bond acceptors (Lipinski definition) is 4. The SMILES string of the molecule is O=C(O)/C=N/Nc1ccccc1C(=O)O. The molecule has 0 fully saturated rings. The van der Waals surface area contributed by atoms with Crippen molar-refractivity contribution in [3.8, 4) is 0 Å². The summed E-state index contributed by atoms with van der Waals surface area (Å²) in [7, 11) is 0. The van der Waals surface area contributed by atoms with Crippen molar-refractivity contribution in [1.82, 2.24) is 0 Å². The highest BCUT2D eigenvalue weighted by molar-refractivity contribution is 6.22. The van der Waals surface area contributed by atoms with Gasteiger partial charge in [-0.05, 0) is 12.1 Å². The minimum atomic E-state index is -1.21. The van der Waals surface area contributed by atoms with Crippen molar-refractivity contribution in [2.24, 2.45) is 5.10 Å². The Balaban J connectivity index is 2.85. The summed E-state index contributed by atoms with van der Waals surface area (Å²) in [5.74, 6) is -2.32. The number of para-hydroxylation sites is 1. The summed E-state index contributed by atoms with van der Waals surface area (Å²) in [5.41, 5.74) is 2.60. The highest BCUT2D eigenvalue weighted by atomic mass is 16.4. The summed E-state index contributed by atoms with van der Waals surface area (Å²) < 4.78 is 0. The number of anilines is 1. The summed E-state index contributed by atoms with van der Waals surface area (Å²) in [4.78, 5) is 20.8. The lowest BCUT2D eigenvalue weighted by Gasteiger charge is -2.03. The zero-order chi connectivity index (χ0) is 11.3. The number of hydrogen-bond donors (Lipinski definition) is 3. The first kappa shape index (κ1) is 10.7. The molecular formula is C9H8N2O4. The van der Waals surface area contributed by atoms with E-state index in [-0.39, 0.29) is 11.3 Å². The molecule has 78 valence electrons. The molecule has 0 saturated heterocycles. The van der Waals surface area contributed by atoms with Gasteiger partial charge < -0.3 is 10.2 Å². The first-order valence-corrected chi connectivity index (χ1v) is 3.95. The van der Waals surface area contributed by atoms with Crippen LogP contribution < -0.4 is 5.43 Å². The summed E-state index contributed by atoms with van der Waals surface area (Å²) in [6, 6.07) is 6.06. The number of carbonyl (C=O) groups is 2. The van der Waals surface area contributed by atoms with Crippen LogP contribution in [0, 0.1) is 0 Å². The van der Waals surface area contributed by atoms with E-state index in [1.807, 2.05) is 0 Å². The van der Waals surface area contributed by atoms with Crippen LogP contribution in [0.15, 0.2) is 29.4 Å². The predicted molar refractivity (Wildman–Crippen MR) is 53.2 cm³/mol. The normalized spacial score (nSPS) is 10.1. The highest BCUT2D eigenvalue weighted by Gasteiger charge is 2.07. The zero-order valence-electron chi connectivity index (χ0n) is 7.54. The van der Waals surface area contributed by atoms with Gasteiger partial charge in [-0.3, -0.25) is 5.43 Å². The molecule has 3 N–H and O–H groups in total. The van der Waals surface area contributed by atoms with E-state index in [1.165, 1.54) is 12.1 Å². The standard InChI is InChI=1S/C9H8N2O4/c12-8(13)5-10-11-7-4-2-1-3-6(7)9(14)15/h1-5,11H,(H,12,13)(H,14,15)/b10-5+. The van der Waals surface area contributed by atoms with Gasteiger partial charge in [0, 0.05) is 0 Å². The van der Waals surface area contributed by atoms with Gasteiger partial charge >= 0.3 is 11.9 Å². The Hall–Kier alpha value is -2.37. The van der Waals surface area contributed by atoms with Gasteiger partial charge in [0.05, 0.1) is 11.3 Å². The maximum atomic E-state index is 10.7. The average molecular weight is 208 g/mol. The number of rotatable bonds is 4. The number of benzene rings is 1. The van der Waals surface area contributed by atoms with Gasteiger partial charge in [-0.2, -0.15) is 5.10 Å². The van der Waals surface area contributed by atoms with Crippen LogP contribution in [0.2, 0.25) is 0 Å². The smallest absolute Gasteiger partial charge is 0.348 e. The quantitative estimate of drug-likeness (QED) is 0.503. The molecule has 0 atom stereocenters. The molecule has 15 heavy (non-hydrogen) atoms. The van der Waals surface area contributed by atoms with Crippen LogP contribution in [0.25, 0.3) is 0 Å². The minimum Gasteiger partial charge on any atom is -0.478 e. The van der Waals surface area contributed by atoms with Gasteiger partial charge in [0.15, 0.2) is 0 Å². The van der Waals surface area contributed by atoms with Crippen LogP contribution in [0.4, 0.5) is 5.69 Å². The Morgan fingerprint density at radius 3 is 2.53 bits per heavy atom. The maximum absolute atomic E-state index is 10.7. The Bertz CT molecular complexity index is 414. The largest absolute Gasteiger partial charge is 0.478 e. The van der Waals surface area contributed by atoms with Crippen LogP contribution in [0.5, 0.6) is 0 Å². The number of nitrogens with zero attached hydrogens (tertiary/aromatic N) is 1. The van der Waals surface area contributed by atoms with E-state index in [0.29, 0.717) is 6.21 Å². The average Bonchev–Trinajstić information content (AvgIpc) is 2.17. The molecule has 6 heteroatoms. The molecule has 0 unspecified atom stereocenters. The van der Waals surface area contributed by atoms with E-state index >= 15 is 0 Å². The van der Waals surface area contributed by atoms with Gasteiger partial charge in [-0.15, -0.1) is 0 Å². The van der Waals surface area contributed by atoms with Gasteiger partial charge in [-0.1, -0.05) is 12.1 Å². The molecule has 0 aliphatic rings. The van der Waals surface area contributed by atoms with Crippen molar-refractivity contribution in [2.45, 2.75) is 0 Å². The summed E-state index contributed by atoms with van der Waals surface area (Å²) in [6.45, 7) is 0. The molecule has 0 bridgehead atoms. The number of aliphatic carboxylic acids is 1.